The summed E-state index contributed by atoms with van der Waals surface area (Å²) in [7, 11) is 0. The third-order valence-electron chi connectivity index (χ3n) is 4.31. The van der Waals surface area contributed by atoms with Crippen LogP contribution in [-0.2, 0) is 0 Å². The van der Waals surface area contributed by atoms with Gasteiger partial charge in [-0.15, -0.1) is 21.5 Å². The predicted molar refractivity (Wildman–Crippen MR) is 105 cm³/mol. The van der Waals surface area contributed by atoms with Crippen molar-refractivity contribution in [2.75, 3.05) is 0 Å². The van der Waals surface area contributed by atoms with Crippen LogP contribution in [0.15, 0.2) is 48.7 Å². The van der Waals surface area contributed by atoms with E-state index in [9.17, 15) is 4.79 Å². The van der Waals surface area contributed by atoms with Crippen molar-refractivity contribution in [3.63, 3.8) is 0 Å². The fourth-order valence-electron chi connectivity index (χ4n) is 2.97. The van der Waals surface area contributed by atoms with Gasteiger partial charge in [0.25, 0.3) is 5.91 Å². The van der Waals surface area contributed by atoms with Crippen LogP contribution in [0.3, 0.4) is 0 Å². The summed E-state index contributed by atoms with van der Waals surface area (Å²) < 4.78 is 2.90. The van der Waals surface area contributed by atoms with Crippen molar-refractivity contribution < 1.29 is 4.79 Å². The van der Waals surface area contributed by atoms with Crippen molar-refractivity contribution in [1.29, 1.82) is 0 Å². The molecule has 1 amide bonds. The summed E-state index contributed by atoms with van der Waals surface area (Å²) in [6, 6.07) is 13.2. The van der Waals surface area contributed by atoms with E-state index in [1.807, 2.05) is 66.9 Å². The predicted octanol–water partition coefficient (Wildman–Crippen LogP) is 4.72. The third kappa shape index (κ3) is 2.85. The molecular formula is C19H17ClN4OS. The Hall–Kier alpha value is -2.44. The van der Waals surface area contributed by atoms with E-state index < -0.39 is 0 Å². The molecule has 0 aliphatic carbocycles. The number of pyridine rings is 1. The summed E-state index contributed by atoms with van der Waals surface area (Å²) in [5.41, 5.74) is 0.752. The Labute approximate surface area is 159 Å². The minimum absolute atomic E-state index is 0.139. The standard InChI is InChI=1S/C19H17ClN4OS/c1-11(2)16(18-23-22-14-9-5-6-10-24(14)18)21-19(25)17-15(20)12-7-3-4-8-13(12)26-17/h3-11,16H,1-2H3,(H,21,25)/t16-/m0/s1. The number of fused-ring (bicyclic) bond motifs is 2. The quantitative estimate of drug-likeness (QED) is 0.553. The maximum atomic E-state index is 12.9. The number of carbonyl (C=O) groups excluding carboxylic acids is 1. The lowest BCUT2D eigenvalue weighted by molar-refractivity contribution is 0.0927. The molecule has 1 aromatic carbocycles. The number of hydrogen-bond acceptors (Lipinski definition) is 4. The molecule has 3 heterocycles. The van der Waals surface area contributed by atoms with E-state index in [1.165, 1.54) is 11.3 Å². The Bertz CT molecular complexity index is 1100. The van der Waals surface area contributed by atoms with Gasteiger partial charge in [-0.2, -0.15) is 0 Å². The normalized spacial score (nSPS) is 12.8. The largest absolute Gasteiger partial charge is 0.341 e. The van der Waals surface area contributed by atoms with Crippen LogP contribution in [0.1, 0.15) is 35.4 Å². The van der Waals surface area contributed by atoms with E-state index in [2.05, 4.69) is 15.5 Å². The minimum Gasteiger partial charge on any atom is -0.341 e. The van der Waals surface area contributed by atoms with Gasteiger partial charge in [-0.3, -0.25) is 9.20 Å². The first-order valence-electron chi connectivity index (χ1n) is 8.34. The summed E-state index contributed by atoms with van der Waals surface area (Å²) in [5.74, 6) is 0.656. The van der Waals surface area contributed by atoms with Gasteiger partial charge in [0.1, 0.15) is 4.88 Å². The molecule has 7 heteroatoms. The Morgan fingerprint density at radius 2 is 1.92 bits per heavy atom. The number of amides is 1. The van der Waals surface area contributed by atoms with Gasteiger partial charge in [-0.1, -0.05) is 49.7 Å². The summed E-state index contributed by atoms with van der Waals surface area (Å²) in [6.45, 7) is 4.09. The SMILES string of the molecule is CC(C)[C@H](NC(=O)c1sc2ccccc2c1Cl)c1nnc2ccccn12. The Morgan fingerprint density at radius 3 is 2.69 bits per heavy atom. The summed E-state index contributed by atoms with van der Waals surface area (Å²) in [4.78, 5) is 13.5. The number of carbonyl (C=O) groups is 1. The first-order chi connectivity index (χ1) is 12.6. The molecule has 1 N–H and O–H groups in total. The van der Waals surface area contributed by atoms with Gasteiger partial charge in [-0.05, 0) is 24.1 Å². The molecule has 0 fully saturated rings. The van der Waals surface area contributed by atoms with Crippen molar-refractivity contribution in [1.82, 2.24) is 19.9 Å². The molecule has 26 heavy (non-hydrogen) atoms. The number of aromatic nitrogens is 3. The summed E-state index contributed by atoms with van der Waals surface area (Å²) in [5, 5.41) is 13.0. The van der Waals surface area contributed by atoms with Gasteiger partial charge >= 0.3 is 0 Å². The number of benzene rings is 1. The van der Waals surface area contributed by atoms with E-state index >= 15 is 0 Å². The van der Waals surface area contributed by atoms with Crippen molar-refractivity contribution in [3.05, 3.63) is 64.4 Å². The molecular weight excluding hydrogens is 368 g/mol. The molecule has 132 valence electrons. The monoisotopic (exact) mass is 384 g/mol. The van der Waals surface area contributed by atoms with Crippen molar-refractivity contribution >= 4 is 44.6 Å². The molecule has 0 radical (unpaired) electrons. The van der Waals surface area contributed by atoms with Crippen LogP contribution >= 0.6 is 22.9 Å². The lowest BCUT2D eigenvalue weighted by atomic mass is 10.0. The highest BCUT2D eigenvalue weighted by molar-refractivity contribution is 7.21. The average molecular weight is 385 g/mol. The van der Waals surface area contributed by atoms with Crippen molar-refractivity contribution in [2.24, 2.45) is 5.92 Å². The fourth-order valence-corrected chi connectivity index (χ4v) is 4.39. The van der Waals surface area contributed by atoms with E-state index in [0.717, 1.165) is 15.7 Å². The number of nitrogens with one attached hydrogen (secondary N) is 1. The lowest BCUT2D eigenvalue weighted by Gasteiger charge is -2.20. The number of halogens is 1. The van der Waals surface area contributed by atoms with Crippen LogP contribution in [0.25, 0.3) is 15.7 Å². The molecule has 0 aliphatic heterocycles. The highest BCUT2D eigenvalue weighted by atomic mass is 35.5. The molecule has 0 saturated heterocycles. The first kappa shape index (κ1) is 17.0. The number of thiophene rings is 1. The third-order valence-corrected chi connectivity index (χ3v) is 5.99. The van der Waals surface area contributed by atoms with E-state index in [1.54, 1.807) is 0 Å². The molecule has 0 aliphatic rings. The number of rotatable bonds is 4. The van der Waals surface area contributed by atoms with Crippen molar-refractivity contribution in [2.45, 2.75) is 19.9 Å². The second-order valence-electron chi connectivity index (χ2n) is 6.42. The molecule has 0 spiro atoms. The smallest absolute Gasteiger partial charge is 0.263 e. The maximum absolute atomic E-state index is 12.9. The van der Waals surface area contributed by atoms with Crippen LogP contribution in [0.4, 0.5) is 0 Å². The van der Waals surface area contributed by atoms with E-state index in [-0.39, 0.29) is 17.9 Å². The molecule has 4 aromatic rings. The van der Waals surface area contributed by atoms with Gasteiger partial charge in [0.05, 0.1) is 11.1 Å². The average Bonchev–Trinajstić information content (AvgIpc) is 3.21. The zero-order chi connectivity index (χ0) is 18.3. The second-order valence-corrected chi connectivity index (χ2v) is 7.85. The molecule has 4 rings (SSSR count). The molecule has 0 bridgehead atoms. The summed E-state index contributed by atoms with van der Waals surface area (Å²) >= 11 is 7.85. The molecule has 5 nitrogen and oxygen atoms in total. The van der Waals surface area contributed by atoms with Crippen LogP contribution in [0, 0.1) is 5.92 Å². The van der Waals surface area contributed by atoms with Gasteiger partial charge in [0, 0.05) is 16.3 Å². The van der Waals surface area contributed by atoms with E-state index in [0.29, 0.717) is 15.7 Å². The zero-order valence-electron chi connectivity index (χ0n) is 14.3. The Kier molecular flexibility index (Phi) is 4.38. The summed E-state index contributed by atoms with van der Waals surface area (Å²) in [6.07, 6.45) is 1.90. The molecule has 0 unspecified atom stereocenters. The van der Waals surface area contributed by atoms with Gasteiger partial charge in [0.15, 0.2) is 11.5 Å². The van der Waals surface area contributed by atoms with Crippen LogP contribution in [0.5, 0.6) is 0 Å². The fraction of sp³-hybridized carbons (Fsp3) is 0.211. The van der Waals surface area contributed by atoms with Gasteiger partial charge in [0.2, 0.25) is 0 Å². The highest BCUT2D eigenvalue weighted by Gasteiger charge is 2.26. The Balaban J connectivity index is 1.70. The van der Waals surface area contributed by atoms with Crippen LogP contribution in [-0.4, -0.2) is 20.5 Å². The Morgan fingerprint density at radius 1 is 1.15 bits per heavy atom. The second kappa shape index (κ2) is 6.70. The van der Waals surface area contributed by atoms with E-state index in [4.69, 9.17) is 11.6 Å². The van der Waals surface area contributed by atoms with Crippen molar-refractivity contribution in [3.8, 4) is 0 Å². The van der Waals surface area contributed by atoms with Crippen LogP contribution < -0.4 is 5.32 Å². The lowest BCUT2D eigenvalue weighted by Crippen LogP contribution is -2.32. The topological polar surface area (TPSA) is 59.3 Å². The van der Waals surface area contributed by atoms with Gasteiger partial charge < -0.3 is 5.32 Å². The minimum atomic E-state index is -0.277. The first-order valence-corrected chi connectivity index (χ1v) is 9.53. The zero-order valence-corrected chi connectivity index (χ0v) is 15.9. The molecule has 1 atom stereocenters. The molecule has 3 aromatic heterocycles. The molecule has 0 saturated carbocycles. The maximum Gasteiger partial charge on any atom is 0.263 e. The van der Waals surface area contributed by atoms with Gasteiger partial charge in [-0.25, -0.2) is 0 Å². The highest BCUT2D eigenvalue weighted by Crippen LogP contribution is 2.35. The number of nitrogens with zero attached hydrogens (tertiary/aromatic N) is 3. The van der Waals surface area contributed by atoms with Crippen LogP contribution in [0.2, 0.25) is 5.02 Å². The number of hydrogen-bond donors (Lipinski definition) is 1.